The first kappa shape index (κ1) is 22.6. The Morgan fingerprint density at radius 2 is 1.68 bits per heavy atom. The molecule has 0 aromatic rings. The fraction of sp³-hybridized carbons (Fsp3) is 0.862. The summed E-state index contributed by atoms with van der Waals surface area (Å²) >= 11 is 2.17. The van der Waals surface area contributed by atoms with Crippen LogP contribution in [0.4, 0.5) is 0 Å². The highest BCUT2D eigenvalue weighted by Gasteiger charge is 2.59. The molecule has 2 heteroatoms. The number of fused-ring (bicyclic) bond motifs is 5. The lowest BCUT2D eigenvalue weighted by atomic mass is 9.46. The molecule has 1 N–H and O–H groups in total. The number of hydrogen-bond acceptors (Lipinski definition) is 2. The van der Waals surface area contributed by atoms with Crippen molar-refractivity contribution in [3.05, 3.63) is 23.3 Å². The minimum Gasteiger partial charge on any atom is -0.392 e. The zero-order valence-electron chi connectivity index (χ0n) is 20.8. The highest BCUT2D eigenvalue weighted by molar-refractivity contribution is 7.99. The minimum atomic E-state index is -0.189. The third-order valence-electron chi connectivity index (χ3n) is 11.2. The van der Waals surface area contributed by atoms with E-state index in [2.05, 4.69) is 58.5 Å². The number of allylic oxidation sites excluding steroid dienone is 3. The van der Waals surface area contributed by atoms with E-state index in [4.69, 9.17) is 0 Å². The number of aliphatic hydroxyl groups excluding tert-OH is 1. The van der Waals surface area contributed by atoms with Gasteiger partial charge in [0.25, 0.3) is 0 Å². The predicted octanol–water partition coefficient (Wildman–Crippen LogP) is 7.65. The molecule has 0 spiro atoms. The molecular weight excluding hydrogens is 396 g/mol. The summed E-state index contributed by atoms with van der Waals surface area (Å²) in [5.41, 5.74) is 4.03. The molecule has 5 rings (SSSR count). The van der Waals surface area contributed by atoms with Gasteiger partial charge in [0.1, 0.15) is 0 Å². The third kappa shape index (κ3) is 3.44. The second kappa shape index (κ2) is 7.93. The van der Waals surface area contributed by atoms with Gasteiger partial charge in [0.2, 0.25) is 0 Å². The average molecular weight is 443 g/mol. The first-order valence-corrected chi connectivity index (χ1v) is 14.5. The average Bonchev–Trinajstić information content (AvgIpc) is 3.09. The van der Waals surface area contributed by atoms with Crippen molar-refractivity contribution in [2.75, 3.05) is 11.5 Å². The number of hydrogen-bond donors (Lipinski definition) is 1. The van der Waals surface area contributed by atoms with Gasteiger partial charge in [-0.3, -0.25) is 0 Å². The topological polar surface area (TPSA) is 20.2 Å². The summed E-state index contributed by atoms with van der Waals surface area (Å²) < 4.78 is 0. The summed E-state index contributed by atoms with van der Waals surface area (Å²) in [6, 6.07) is 0. The van der Waals surface area contributed by atoms with Gasteiger partial charge >= 0.3 is 0 Å². The summed E-state index contributed by atoms with van der Waals surface area (Å²) in [6.45, 7) is 12.4. The Balaban J connectivity index is 1.40. The monoisotopic (exact) mass is 442 g/mol. The number of thioether (sulfide) groups is 1. The van der Waals surface area contributed by atoms with E-state index in [0.717, 1.165) is 36.5 Å². The van der Waals surface area contributed by atoms with Gasteiger partial charge in [0.15, 0.2) is 0 Å². The lowest BCUT2D eigenvalue weighted by Crippen LogP contribution is -2.51. The van der Waals surface area contributed by atoms with Crippen molar-refractivity contribution in [2.24, 2.45) is 45.8 Å². The van der Waals surface area contributed by atoms with Crippen molar-refractivity contribution in [3.63, 3.8) is 0 Å². The molecule has 4 fully saturated rings. The second-order valence-corrected chi connectivity index (χ2v) is 14.3. The quantitative estimate of drug-likeness (QED) is 0.484. The Morgan fingerprint density at radius 1 is 0.935 bits per heavy atom. The third-order valence-corrected chi connectivity index (χ3v) is 12.3. The Bertz CT molecular complexity index is 759. The van der Waals surface area contributed by atoms with E-state index in [0.29, 0.717) is 11.3 Å². The lowest BCUT2D eigenvalue weighted by molar-refractivity contribution is -0.0177. The molecule has 1 saturated heterocycles. The smallest absolute Gasteiger partial charge is 0.0628 e. The fourth-order valence-electron chi connectivity index (χ4n) is 9.36. The molecule has 0 aromatic heterocycles. The first-order chi connectivity index (χ1) is 14.7. The highest BCUT2D eigenvalue weighted by atomic mass is 32.2. The van der Waals surface area contributed by atoms with E-state index < -0.39 is 0 Å². The molecule has 1 heterocycles. The SMILES string of the molecule is C[C@H](CC1CCSCC1)[C@H]1CCC2C3=CC=C4C(C)(C)[C@@H](O)CC[C@]4(C)C3CC[C@@]21C. The Kier molecular flexibility index (Phi) is 5.78. The summed E-state index contributed by atoms with van der Waals surface area (Å²) in [4.78, 5) is 0. The van der Waals surface area contributed by atoms with Crippen molar-refractivity contribution in [2.45, 2.75) is 98.5 Å². The highest BCUT2D eigenvalue weighted by Crippen LogP contribution is 2.67. The van der Waals surface area contributed by atoms with E-state index in [1.165, 1.54) is 62.0 Å². The van der Waals surface area contributed by atoms with Crippen molar-refractivity contribution in [1.29, 1.82) is 0 Å². The van der Waals surface area contributed by atoms with E-state index in [-0.39, 0.29) is 16.9 Å². The van der Waals surface area contributed by atoms with Gasteiger partial charge in [-0.25, -0.2) is 0 Å². The van der Waals surface area contributed by atoms with Crippen LogP contribution < -0.4 is 0 Å². The molecule has 1 nitrogen and oxygen atoms in total. The predicted molar refractivity (Wildman–Crippen MR) is 134 cm³/mol. The summed E-state index contributed by atoms with van der Waals surface area (Å²) in [7, 11) is 0. The molecule has 174 valence electrons. The summed E-state index contributed by atoms with van der Waals surface area (Å²) in [5, 5.41) is 10.7. The van der Waals surface area contributed by atoms with Crippen LogP contribution in [0.25, 0.3) is 0 Å². The van der Waals surface area contributed by atoms with Gasteiger partial charge in [0.05, 0.1) is 6.10 Å². The molecule has 2 unspecified atom stereocenters. The van der Waals surface area contributed by atoms with Crippen LogP contribution in [0, 0.1) is 45.8 Å². The Labute approximate surface area is 195 Å². The van der Waals surface area contributed by atoms with E-state index >= 15 is 0 Å². The lowest BCUT2D eigenvalue weighted by Gasteiger charge is -2.58. The van der Waals surface area contributed by atoms with Crippen LogP contribution >= 0.6 is 11.8 Å². The maximum atomic E-state index is 10.7. The van der Waals surface area contributed by atoms with Crippen LogP contribution in [-0.4, -0.2) is 22.7 Å². The Morgan fingerprint density at radius 3 is 2.42 bits per heavy atom. The van der Waals surface area contributed by atoms with E-state index in [9.17, 15) is 5.11 Å². The molecule has 5 aliphatic rings. The zero-order valence-corrected chi connectivity index (χ0v) is 21.6. The molecule has 3 saturated carbocycles. The minimum absolute atomic E-state index is 0.0826. The van der Waals surface area contributed by atoms with Gasteiger partial charge in [-0.2, -0.15) is 11.8 Å². The molecule has 0 aromatic carbocycles. The van der Waals surface area contributed by atoms with Gasteiger partial charge < -0.3 is 5.11 Å². The molecular formula is C29H46OS. The zero-order chi connectivity index (χ0) is 22.0. The second-order valence-electron chi connectivity index (χ2n) is 13.0. The number of aliphatic hydroxyl groups is 1. The maximum Gasteiger partial charge on any atom is 0.0628 e. The molecule has 7 atom stereocenters. The van der Waals surface area contributed by atoms with Crippen LogP contribution in [0.1, 0.15) is 92.4 Å². The van der Waals surface area contributed by atoms with Crippen LogP contribution in [0.15, 0.2) is 23.3 Å². The molecule has 0 bridgehead atoms. The number of rotatable bonds is 3. The molecule has 1 aliphatic heterocycles. The largest absolute Gasteiger partial charge is 0.392 e. The van der Waals surface area contributed by atoms with Crippen molar-refractivity contribution < 1.29 is 5.11 Å². The van der Waals surface area contributed by atoms with Crippen molar-refractivity contribution >= 4 is 11.8 Å². The molecule has 0 radical (unpaired) electrons. The fourth-order valence-corrected chi connectivity index (χ4v) is 10.6. The van der Waals surface area contributed by atoms with E-state index in [1.807, 2.05) is 0 Å². The summed E-state index contributed by atoms with van der Waals surface area (Å²) in [5.74, 6) is 7.09. The maximum absolute atomic E-state index is 10.7. The normalized spacial score (nSPS) is 45.7. The summed E-state index contributed by atoms with van der Waals surface area (Å²) in [6.07, 6.45) is 17.0. The Hall–Kier alpha value is -0.210. The molecule has 0 amide bonds. The molecule has 31 heavy (non-hydrogen) atoms. The standard InChI is InChI=1S/C29H46OS/c1-19(18-20-12-16-31-17-13-20)22-7-8-23-21-6-9-25-27(2,3)26(30)11-15-29(25,5)24(21)10-14-28(22,23)4/h6,9,19-20,22-24,26,30H,7-8,10-18H2,1-5H3/t19-,22-,23?,24?,26+,28-,29-/m1/s1. The van der Waals surface area contributed by atoms with Crippen LogP contribution in [-0.2, 0) is 0 Å². The van der Waals surface area contributed by atoms with Crippen LogP contribution in [0.2, 0.25) is 0 Å². The van der Waals surface area contributed by atoms with Crippen molar-refractivity contribution in [3.8, 4) is 0 Å². The van der Waals surface area contributed by atoms with Crippen LogP contribution in [0.3, 0.4) is 0 Å². The van der Waals surface area contributed by atoms with Gasteiger partial charge in [-0.05, 0) is 110 Å². The van der Waals surface area contributed by atoms with Gasteiger partial charge in [-0.15, -0.1) is 0 Å². The van der Waals surface area contributed by atoms with Gasteiger partial charge in [0, 0.05) is 5.41 Å². The van der Waals surface area contributed by atoms with Crippen LogP contribution in [0.5, 0.6) is 0 Å². The first-order valence-electron chi connectivity index (χ1n) is 13.4. The molecule has 4 aliphatic carbocycles. The van der Waals surface area contributed by atoms with Gasteiger partial charge in [-0.1, -0.05) is 57.9 Å². The van der Waals surface area contributed by atoms with Crippen molar-refractivity contribution in [1.82, 2.24) is 0 Å². The van der Waals surface area contributed by atoms with E-state index in [1.54, 1.807) is 5.57 Å².